The number of hydrogen-bond acceptors (Lipinski definition) is 3. The summed E-state index contributed by atoms with van der Waals surface area (Å²) in [7, 11) is 0. The van der Waals surface area contributed by atoms with Crippen LogP contribution in [-0.4, -0.2) is 21.6 Å². The summed E-state index contributed by atoms with van der Waals surface area (Å²) in [5, 5.41) is 10.0. The Hall–Kier alpha value is -3.19. The van der Waals surface area contributed by atoms with Gasteiger partial charge in [-0.25, -0.2) is 9.07 Å². The van der Waals surface area contributed by atoms with Crippen molar-refractivity contribution < 1.29 is 14.0 Å². The molecule has 0 spiro atoms. The van der Waals surface area contributed by atoms with E-state index in [-0.39, 0.29) is 17.3 Å². The van der Waals surface area contributed by atoms with E-state index in [1.807, 2.05) is 6.07 Å². The number of amides is 2. The van der Waals surface area contributed by atoms with E-state index in [4.69, 9.17) is 11.6 Å². The molecule has 0 radical (unpaired) electrons. The molecule has 0 aliphatic carbocycles. The molecule has 1 aromatic heterocycles. The van der Waals surface area contributed by atoms with Crippen LogP contribution in [-0.2, 0) is 11.2 Å². The molecule has 6 nitrogen and oxygen atoms in total. The quantitative estimate of drug-likeness (QED) is 0.697. The van der Waals surface area contributed by atoms with E-state index in [0.29, 0.717) is 34.8 Å². The van der Waals surface area contributed by atoms with Crippen LogP contribution in [0.5, 0.6) is 0 Å². The predicted octanol–water partition coefficient (Wildman–Crippen LogP) is 4.11. The molecule has 3 aromatic rings. The number of para-hydroxylation sites is 1. The first-order chi connectivity index (χ1) is 13.4. The highest BCUT2D eigenvalue weighted by atomic mass is 35.5. The number of aryl methyl sites for hydroxylation is 2. The van der Waals surface area contributed by atoms with Gasteiger partial charge in [-0.3, -0.25) is 9.59 Å². The number of hydrogen-bond donors (Lipinski definition) is 2. The minimum absolute atomic E-state index is 0.0478. The number of anilines is 2. The van der Waals surface area contributed by atoms with Crippen molar-refractivity contribution in [3.8, 4) is 5.69 Å². The van der Waals surface area contributed by atoms with Crippen LogP contribution < -0.4 is 10.6 Å². The molecular formula is C20H16ClFN4O2. The topological polar surface area (TPSA) is 76.0 Å². The van der Waals surface area contributed by atoms with Gasteiger partial charge in [0.25, 0.3) is 5.91 Å². The Kier molecular flexibility index (Phi) is 4.60. The second kappa shape index (κ2) is 7.09. The monoisotopic (exact) mass is 398 g/mol. The lowest BCUT2D eigenvalue weighted by atomic mass is 10.0. The van der Waals surface area contributed by atoms with Crippen molar-refractivity contribution >= 4 is 34.8 Å². The highest BCUT2D eigenvalue weighted by Gasteiger charge is 2.21. The third-order valence-electron chi connectivity index (χ3n) is 4.55. The first-order valence-corrected chi connectivity index (χ1v) is 9.05. The van der Waals surface area contributed by atoms with E-state index in [9.17, 15) is 14.0 Å². The van der Waals surface area contributed by atoms with Crippen LogP contribution in [0, 0.1) is 12.7 Å². The van der Waals surface area contributed by atoms with Gasteiger partial charge < -0.3 is 10.6 Å². The van der Waals surface area contributed by atoms with E-state index in [0.717, 1.165) is 5.56 Å². The van der Waals surface area contributed by atoms with Gasteiger partial charge >= 0.3 is 0 Å². The summed E-state index contributed by atoms with van der Waals surface area (Å²) >= 11 is 6.19. The van der Waals surface area contributed by atoms with E-state index in [1.54, 1.807) is 37.4 Å². The maximum Gasteiger partial charge on any atom is 0.276 e. The smallest absolute Gasteiger partial charge is 0.276 e. The Balaban J connectivity index is 1.61. The Labute approximate surface area is 165 Å². The van der Waals surface area contributed by atoms with E-state index >= 15 is 0 Å². The lowest BCUT2D eigenvalue weighted by molar-refractivity contribution is -0.116. The van der Waals surface area contributed by atoms with E-state index in [1.165, 1.54) is 10.7 Å². The van der Waals surface area contributed by atoms with Crippen molar-refractivity contribution in [3.05, 3.63) is 70.3 Å². The highest BCUT2D eigenvalue weighted by molar-refractivity contribution is 6.32. The Morgan fingerprint density at radius 2 is 2.07 bits per heavy atom. The molecule has 0 fully saturated rings. The van der Waals surface area contributed by atoms with Crippen LogP contribution in [0.3, 0.4) is 0 Å². The number of nitrogens with one attached hydrogen (secondary N) is 2. The minimum Gasteiger partial charge on any atom is -0.326 e. The molecule has 0 bridgehead atoms. The maximum atomic E-state index is 14.4. The normalized spacial score (nSPS) is 13.0. The van der Waals surface area contributed by atoms with Gasteiger partial charge in [-0.1, -0.05) is 23.7 Å². The number of nitrogens with zero attached hydrogens (tertiary/aromatic N) is 2. The number of fused-ring (bicyclic) bond motifs is 1. The molecule has 4 rings (SSSR count). The summed E-state index contributed by atoms with van der Waals surface area (Å²) < 4.78 is 15.9. The fourth-order valence-electron chi connectivity index (χ4n) is 3.12. The summed E-state index contributed by atoms with van der Waals surface area (Å²) in [5.74, 6) is -1.30. The van der Waals surface area contributed by atoms with Crippen LogP contribution in [0.2, 0.25) is 5.02 Å². The zero-order valence-corrected chi connectivity index (χ0v) is 15.7. The Bertz CT molecular complexity index is 1110. The number of benzene rings is 2. The van der Waals surface area contributed by atoms with Crippen molar-refractivity contribution in [1.82, 2.24) is 9.78 Å². The molecular weight excluding hydrogens is 383 g/mol. The van der Waals surface area contributed by atoms with Crippen LogP contribution in [0.4, 0.5) is 15.8 Å². The van der Waals surface area contributed by atoms with Gasteiger partial charge in [-0.05, 0) is 43.2 Å². The number of carbonyl (C=O) groups is 2. The van der Waals surface area contributed by atoms with Gasteiger partial charge in [0.05, 0.1) is 16.4 Å². The second-order valence-corrected chi connectivity index (χ2v) is 6.96. The van der Waals surface area contributed by atoms with Crippen LogP contribution in [0.25, 0.3) is 5.69 Å². The third-order valence-corrected chi connectivity index (χ3v) is 4.87. The van der Waals surface area contributed by atoms with Crippen LogP contribution in [0.1, 0.15) is 28.0 Å². The molecule has 142 valence electrons. The predicted molar refractivity (Wildman–Crippen MR) is 105 cm³/mol. The number of rotatable bonds is 3. The second-order valence-electron chi connectivity index (χ2n) is 6.55. The molecule has 1 aliphatic rings. The van der Waals surface area contributed by atoms with Gasteiger partial charge in [-0.2, -0.15) is 5.10 Å². The summed E-state index contributed by atoms with van der Waals surface area (Å²) in [6.45, 7) is 1.74. The SMILES string of the molecule is Cc1cn(-c2ccccc2Cl)nc1C(=O)Nc1cc2c(cc1F)NC(=O)CC2. The molecule has 8 heteroatoms. The standard InChI is InChI=1S/C20H16ClFN4O2/c1-11-10-26(17-5-3-2-4-13(17)21)25-19(11)20(28)24-16-8-12-6-7-18(27)23-15(12)9-14(16)22/h2-5,8-10H,6-7H2,1H3,(H,23,27)(H,24,28). The first kappa shape index (κ1) is 18.2. The fourth-order valence-corrected chi connectivity index (χ4v) is 3.35. The van der Waals surface area contributed by atoms with Gasteiger partial charge in [0.2, 0.25) is 5.91 Å². The fraction of sp³-hybridized carbons (Fsp3) is 0.150. The Morgan fingerprint density at radius 1 is 1.29 bits per heavy atom. The molecule has 1 aliphatic heterocycles. The summed E-state index contributed by atoms with van der Waals surface area (Å²) in [5.41, 5.74) is 2.70. The van der Waals surface area contributed by atoms with Crippen molar-refractivity contribution in [2.24, 2.45) is 0 Å². The lowest BCUT2D eigenvalue weighted by Gasteiger charge is -2.18. The molecule has 0 atom stereocenters. The average Bonchev–Trinajstić information content (AvgIpc) is 3.04. The molecule has 2 heterocycles. The van der Waals surface area contributed by atoms with Gasteiger partial charge in [0.1, 0.15) is 5.82 Å². The van der Waals surface area contributed by atoms with Crippen LogP contribution in [0.15, 0.2) is 42.6 Å². The molecule has 28 heavy (non-hydrogen) atoms. The number of aromatic nitrogens is 2. The zero-order valence-electron chi connectivity index (χ0n) is 14.9. The largest absolute Gasteiger partial charge is 0.326 e. The highest BCUT2D eigenvalue weighted by Crippen LogP contribution is 2.29. The number of halogens is 2. The summed E-state index contributed by atoms with van der Waals surface area (Å²) in [6.07, 6.45) is 2.51. The zero-order chi connectivity index (χ0) is 19.8. The first-order valence-electron chi connectivity index (χ1n) is 8.67. The molecule has 2 aromatic carbocycles. The minimum atomic E-state index is -0.627. The van der Waals surface area contributed by atoms with Crippen molar-refractivity contribution in [2.75, 3.05) is 10.6 Å². The van der Waals surface area contributed by atoms with Gasteiger partial charge in [0.15, 0.2) is 5.69 Å². The van der Waals surface area contributed by atoms with Crippen LogP contribution >= 0.6 is 11.6 Å². The summed E-state index contributed by atoms with van der Waals surface area (Å²) in [6, 6.07) is 9.90. The van der Waals surface area contributed by atoms with Crippen molar-refractivity contribution in [1.29, 1.82) is 0 Å². The molecule has 2 amide bonds. The van der Waals surface area contributed by atoms with Crippen molar-refractivity contribution in [2.45, 2.75) is 19.8 Å². The van der Waals surface area contributed by atoms with Gasteiger partial charge in [-0.15, -0.1) is 0 Å². The van der Waals surface area contributed by atoms with E-state index in [2.05, 4.69) is 15.7 Å². The molecule has 0 unspecified atom stereocenters. The van der Waals surface area contributed by atoms with Gasteiger partial charge in [0, 0.05) is 23.9 Å². The summed E-state index contributed by atoms with van der Waals surface area (Å²) in [4.78, 5) is 24.1. The van der Waals surface area contributed by atoms with E-state index < -0.39 is 11.7 Å². The van der Waals surface area contributed by atoms with Crippen molar-refractivity contribution in [3.63, 3.8) is 0 Å². The average molecular weight is 399 g/mol. The number of carbonyl (C=O) groups excluding carboxylic acids is 2. The molecule has 0 saturated heterocycles. The molecule has 0 saturated carbocycles. The molecule has 2 N–H and O–H groups in total. The third kappa shape index (κ3) is 3.36. The Morgan fingerprint density at radius 3 is 2.86 bits per heavy atom. The lowest BCUT2D eigenvalue weighted by Crippen LogP contribution is -2.20. The maximum absolute atomic E-state index is 14.4.